The first-order chi connectivity index (χ1) is 9.81. The van der Waals surface area contributed by atoms with E-state index >= 15 is 0 Å². The van der Waals surface area contributed by atoms with Crippen molar-refractivity contribution in [3.8, 4) is 0 Å². The van der Waals surface area contributed by atoms with Crippen LogP contribution in [0, 0.1) is 0 Å². The molecule has 0 atom stereocenters. The van der Waals surface area contributed by atoms with Gasteiger partial charge in [0.1, 0.15) is 16.5 Å². The van der Waals surface area contributed by atoms with Crippen LogP contribution < -0.4 is 5.32 Å². The van der Waals surface area contributed by atoms with Crippen LogP contribution in [0.25, 0.3) is 12.2 Å². The van der Waals surface area contributed by atoms with Crippen molar-refractivity contribution in [1.29, 1.82) is 0 Å². The summed E-state index contributed by atoms with van der Waals surface area (Å²) in [7, 11) is 0. The van der Waals surface area contributed by atoms with Gasteiger partial charge in [-0.3, -0.25) is 10.1 Å². The molecule has 0 aliphatic carbocycles. The predicted molar refractivity (Wildman–Crippen MR) is 77.6 cm³/mol. The van der Waals surface area contributed by atoms with E-state index in [0.717, 1.165) is 5.76 Å². The number of hydrogen-bond acceptors (Lipinski definition) is 7. The van der Waals surface area contributed by atoms with Gasteiger partial charge in [-0.05, 0) is 24.3 Å². The van der Waals surface area contributed by atoms with Crippen LogP contribution in [0.5, 0.6) is 0 Å². The van der Waals surface area contributed by atoms with E-state index in [-0.39, 0.29) is 5.91 Å². The standard InChI is InChI=1S/C12H8N4O2S2/c17-11(9-6-19-7-13-9)14-12-16-15-10(20-12)4-3-8-2-1-5-18-8/h1-7H,(H,14,16,17)/b4-3+. The number of carbonyl (C=O) groups is 1. The third kappa shape index (κ3) is 2.98. The van der Waals surface area contributed by atoms with Gasteiger partial charge >= 0.3 is 0 Å². The van der Waals surface area contributed by atoms with Crippen LogP contribution in [0.1, 0.15) is 21.3 Å². The fourth-order valence-corrected chi connectivity index (χ4v) is 2.55. The van der Waals surface area contributed by atoms with Crippen LogP contribution >= 0.6 is 22.7 Å². The van der Waals surface area contributed by atoms with Gasteiger partial charge in [-0.15, -0.1) is 21.5 Å². The lowest BCUT2D eigenvalue weighted by Crippen LogP contribution is -2.11. The number of aromatic nitrogens is 3. The Morgan fingerprint density at radius 3 is 3.05 bits per heavy atom. The lowest BCUT2D eigenvalue weighted by Gasteiger charge is -1.95. The molecule has 0 aliphatic heterocycles. The Morgan fingerprint density at radius 1 is 1.35 bits per heavy atom. The molecule has 0 aromatic carbocycles. The van der Waals surface area contributed by atoms with Gasteiger partial charge in [0, 0.05) is 5.38 Å². The van der Waals surface area contributed by atoms with E-state index < -0.39 is 0 Å². The Morgan fingerprint density at radius 2 is 2.30 bits per heavy atom. The first-order valence-electron chi connectivity index (χ1n) is 5.56. The number of furan rings is 1. The Kier molecular flexibility index (Phi) is 3.66. The minimum atomic E-state index is -0.288. The number of anilines is 1. The van der Waals surface area contributed by atoms with Crippen LogP contribution in [0.3, 0.4) is 0 Å². The highest BCUT2D eigenvalue weighted by Gasteiger charge is 2.10. The molecule has 1 amide bonds. The highest BCUT2D eigenvalue weighted by molar-refractivity contribution is 7.16. The molecule has 1 N–H and O–H groups in total. The summed E-state index contributed by atoms with van der Waals surface area (Å²) >= 11 is 2.64. The lowest BCUT2D eigenvalue weighted by molar-refractivity contribution is 0.102. The molecule has 0 aliphatic rings. The smallest absolute Gasteiger partial charge is 0.276 e. The molecular weight excluding hydrogens is 296 g/mol. The average Bonchev–Trinajstić information content (AvgIpc) is 3.19. The lowest BCUT2D eigenvalue weighted by atomic mass is 10.4. The second-order valence-corrected chi connectivity index (χ2v) is 5.35. The van der Waals surface area contributed by atoms with Crippen molar-refractivity contribution in [3.05, 3.63) is 45.7 Å². The van der Waals surface area contributed by atoms with Crippen molar-refractivity contribution in [2.24, 2.45) is 0 Å². The van der Waals surface area contributed by atoms with Crippen molar-refractivity contribution in [2.75, 3.05) is 5.32 Å². The maximum atomic E-state index is 11.8. The maximum Gasteiger partial charge on any atom is 0.276 e. The Hall–Kier alpha value is -2.32. The van der Waals surface area contributed by atoms with Gasteiger partial charge in [0.15, 0.2) is 0 Å². The number of nitrogens with zero attached hydrogens (tertiary/aromatic N) is 3. The second-order valence-electron chi connectivity index (χ2n) is 3.62. The van der Waals surface area contributed by atoms with Crippen molar-refractivity contribution < 1.29 is 9.21 Å². The van der Waals surface area contributed by atoms with Crippen molar-refractivity contribution >= 4 is 45.9 Å². The van der Waals surface area contributed by atoms with Crippen molar-refractivity contribution in [1.82, 2.24) is 15.2 Å². The minimum absolute atomic E-state index is 0.288. The van der Waals surface area contributed by atoms with E-state index in [0.29, 0.717) is 15.8 Å². The maximum absolute atomic E-state index is 11.8. The number of carbonyl (C=O) groups excluding carboxylic acids is 1. The SMILES string of the molecule is O=C(Nc1nnc(/C=C/c2ccco2)s1)c1cscn1. The topological polar surface area (TPSA) is 80.9 Å². The van der Waals surface area contributed by atoms with Crippen LogP contribution in [-0.2, 0) is 0 Å². The second kappa shape index (κ2) is 5.76. The number of thiazole rings is 1. The molecule has 100 valence electrons. The molecule has 0 saturated carbocycles. The summed E-state index contributed by atoms with van der Waals surface area (Å²) < 4.78 is 5.17. The van der Waals surface area contributed by atoms with Gasteiger partial charge in [-0.25, -0.2) is 4.98 Å². The zero-order valence-electron chi connectivity index (χ0n) is 10.0. The molecule has 0 radical (unpaired) electrons. The minimum Gasteiger partial charge on any atom is -0.465 e. The number of rotatable bonds is 4. The first kappa shape index (κ1) is 12.7. The van der Waals surface area contributed by atoms with Gasteiger partial charge in [-0.1, -0.05) is 11.3 Å². The normalized spacial score (nSPS) is 11.0. The van der Waals surface area contributed by atoms with Gasteiger partial charge in [0.2, 0.25) is 5.13 Å². The molecule has 3 aromatic heterocycles. The molecule has 3 heterocycles. The monoisotopic (exact) mass is 304 g/mol. The van der Waals surface area contributed by atoms with Crippen LogP contribution in [0.4, 0.5) is 5.13 Å². The van der Waals surface area contributed by atoms with E-state index in [2.05, 4.69) is 20.5 Å². The van der Waals surface area contributed by atoms with Crippen molar-refractivity contribution in [3.63, 3.8) is 0 Å². The largest absolute Gasteiger partial charge is 0.465 e. The summed E-state index contributed by atoms with van der Waals surface area (Å²) in [6.07, 6.45) is 5.15. The zero-order valence-corrected chi connectivity index (χ0v) is 11.6. The number of nitrogens with one attached hydrogen (secondary N) is 1. The van der Waals surface area contributed by atoms with Crippen LogP contribution in [-0.4, -0.2) is 21.1 Å². The fraction of sp³-hybridized carbons (Fsp3) is 0. The molecule has 0 bridgehead atoms. The third-order valence-electron chi connectivity index (χ3n) is 2.26. The molecule has 8 heteroatoms. The van der Waals surface area contributed by atoms with Gasteiger partial charge in [-0.2, -0.15) is 0 Å². The summed E-state index contributed by atoms with van der Waals surface area (Å²) in [5, 5.41) is 13.3. The Labute approximate surface area is 121 Å². The van der Waals surface area contributed by atoms with E-state index in [1.165, 1.54) is 22.7 Å². The molecule has 20 heavy (non-hydrogen) atoms. The van der Waals surface area contributed by atoms with Crippen LogP contribution in [0.2, 0.25) is 0 Å². The van der Waals surface area contributed by atoms with Crippen molar-refractivity contribution in [2.45, 2.75) is 0 Å². The average molecular weight is 304 g/mol. The zero-order chi connectivity index (χ0) is 13.8. The van der Waals surface area contributed by atoms with Gasteiger partial charge in [0.25, 0.3) is 5.91 Å². The molecule has 3 rings (SSSR count). The van der Waals surface area contributed by atoms with Gasteiger partial charge < -0.3 is 4.42 Å². The Bertz CT molecular complexity index is 717. The molecular formula is C12H8N4O2S2. The quantitative estimate of drug-likeness (QED) is 0.801. The third-order valence-corrected chi connectivity index (χ3v) is 3.65. The summed E-state index contributed by atoms with van der Waals surface area (Å²) in [6, 6.07) is 3.64. The van der Waals surface area contributed by atoms with E-state index in [1.54, 1.807) is 35.4 Å². The highest BCUT2D eigenvalue weighted by atomic mass is 32.1. The van der Waals surface area contributed by atoms with Gasteiger partial charge in [0.05, 0.1) is 11.8 Å². The number of hydrogen-bond donors (Lipinski definition) is 1. The summed E-state index contributed by atoms with van der Waals surface area (Å²) in [4.78, 5) is 15.7. The summed E-state index contributed by atoms with van der Waals surface area (Å²) in [6.45, 7) is 0. The first-order valence-corrected chi connectivity index (χ1v) is 7.32. The summed E-state index contributed by atoms with van der Waals surface area (Å²) in [5.74, 6) is 0.442. The number of amides is 1. The Balaban J connectivity index is 1.66. The molecule has 0 fully saturated rings. The molecule has 3 aromatic rings. The molecule has 0 saturated heterocycles. The molecule has 6 nitrogen and oxygen atoms in total. The molecule has 0 unspecified atom stereocenters. The molecule has 0 spiro atoms. The summed E-state index contributed by atoms with van der Waals surface area (Å²) in [5.41, 5.74) is 1.98. The van der Waals surface area contributed by atoms with E-state index in [9.17, 15) is 4.79 Å². The van der Waals surface area contributed by atoms with Crippen LogP contribution in [0.15, 0.2) is 33.7 Å². The van der Waals surface area contributed by atoms with E-state index in [4.69, 9.17) is 4.42 Å². The predicted octanol–water partition coefficient (Wildman–Crippen LogP) is 3.01. The van der Waals surface area contributed by atoms with E-state index in [1.807, 2.05) is 6.07 Å². The highest BCUT2D eigenvalue weighted by Crippen LogP contribution is 2.18. The fourth-order valence-electron chi connectivity index (χ4n) is 1.38.